The van der Waals surface area contributed by atoms with E-state index < -0.39 is 6.04 Å². The minimum atomic E-state index is -0.706. The van der Waals surface area contributed by atoms with Crippen LogP contribution in [0.4, 0.5) is 5.69 Å². The van der Waals surface area contributed by atoms with Gasteiger partial charge in [0.2, 0.25) is 17.7 Å². The number of carbonyl (C=O) groups is 3. The third kappa shape index (κ3) is 3.84. The van der Waals surface area contributed by atoms with E-state index in [1.807, 2.05) is 31.2 Å². The average Bonchev–Trinajstić information content (AvgIpc) is 3.47. The van der Waals surface area contributed by atoms with Gasteiger partial charge in [-0.05, 0) is 50.3 Å². The molecule has 0 bridgehead atoms. The first-order valence-corrected chi connectivity index (χ1v) is 10.0. The molecule has 4 rings (SSSR count). The molecule has 1 saturated heterocycles. The Hall–Kier alpha value is -2.37. The molecule has 2 N–H and O–H groups in total. The minimum Gasteiger partial charge on any atom is -0.349 e. The van der Waals surface area contributed by atoms with Crippen molar-refractivity contribution in [3.63, 3.8) is 0 Å². The summed E-state index contributed by atoms with van der Waals surface area (Å²) in [6.45, 7) is 1.96. The predicted octanol–water partition coefficient (Wildman–Crippen LogP) is 2.37. The molecule has 3 amide bonds. The lowest BCUT2D eigenvalue weighted by Crippen LogP contribution is -2.68. The molecule has 6 nitrogen and oxygen atoms in total. The number of nitrogens with one attached hydrogen (secondary N) is 2. The SMILES string of the molecule is Cc1cccc(NC(=O)C[C@@H]2C(=O)N[C@@H]3CCCC[C@H]3N2C(=O)C2CC2)c1. The van der Waals surface area contributed by atoms with Crippen LogP contribution < -0.4 is 10.6 Å². The highest BCUT2D eigenvalue weighted by molar-refractivity contribution is 5.98. The molecule has 1 aromatic rings. The number of carbonyl (C=O) groups excluding carboxylic acids is 3. The molecule has 3 atom stereocenters. The summed E-state index contributed by atoms with van der Waals surface area (Å²) in [4.78, 5) is 40.1. The number of anilines is 1. The molecule has 0 unspecified atom stereocenters. The molecule has 0 aromatic heterocycles. The van der Waals surface area contributed by atoms with E-state index >= 15 is 0 Å². The van der Waals surface area contributed by atoms with E-state index in [4.69, 9.17) is 0 Å². The van der Waals surface area contributed by atoms with Crippen molar-refractivity contribution in [2.45, 2.75) is 70.0 Å². The molecular weight excluding hydrogens is 342 g/mol. The molecule has 6 heteroatoms. The molecule has 1 aromatic carbocycles. The van der Waals surface area contributed by atoms with Crippen LogP contribution >= 0.6 is 0 Å². The van der Waals surface area contributed by atoms with Crippen molar-refractivity contribution in [2.24, 2.45) is 5.92 Å². The number of aryl methyl sites for hydroxylation is 1. The quantitative estimate of drug-likeness (QED) is 0.855. The van der Waals surface area contributed by atoms with Crippen molar-refractivity contribution < 1.29 is 14.4 Å². The Bertz CT molecular complexity index is 759. The van der Waals surface area contributed by atoms with Crippen LogP contribution in [0.25, 0.3) is 0 Å². The molecule has 0 radical (unpaired) electrons. The zero-order chi connectivity index (χ0) is 19.0. The summed E-state index contributed by atoms with van der Waals surface area (Å²) in [5.74, 6) is -0.314. The Labute approximate surface area is 159 Å². The van der Waals surface area contributed by atoms with E-state index in [1.54, 1.807) is 4.90 Å². The Morgan fingerprint density at radius 2 is 1.96 bits per heavy atom. The molecule has 1 aliphatic heterocycles. The lowest BCUT2D eigenvalue weighted by molar-refractivity contribution is -0.152. The largest absolute Gasteiger partial charge is 0.349 e. The van der Waals surface area contributed by atoms with Gasteiger partial charge < -0.3 is 15.5 Å². The van der Waals surface area contributed by atoms with Gasteiger partial charge in [0.1, 0.15) is 6.04 Å². The summed E-state index contributed by atoms with van der Waals surface area (Å²) in [5, 5.41) is 5.95. The average molecular weight is 369 g/mol. The minimum absolute atomic E-state index is 0.00144. The van der Waals surface area contributed by atoms with E-state index in [0.29, 0.717) is 5.69 Å². The van der Waals surface area contributed by atoms with Crippen molar-refractivity contribution in [1.82, 2.24) is 10.2 Å². The maximum absolute atomic E-state index is 13.0. The Morgan fingerprint density at radius 3 is 2.70 bits per heavy atom. The van der Waals surface area contributed by atoms with Gasteiger partial charge in [0.15, 0.2) is 0 Å². The number of benzene rings is 1. The third-order valence-corrected chi connectivity index (χ3v) is 5.91. The van der Waals surface area contributed by atoms with E-state index in [9.17, 15) is 14.4 Å². The monoisotopic (exact) mass is 369 g/mol. The predicted molar refractivity (Wildman–Crippen MR) is 102 cm³/mol. The summed E-state index contributed by atoms with van der Waals surface area (Å²) in [5.41, 5.74) is 1.77. The molecule has 27 heavy (non-hydrogen) atoms. The number of hydrogen-bond donors (Lipinski definition) is 2. The number of hydrogen-bond acceptors (Lipinski definition) is 3. The molecule has 0 spiro atoms. The van der Waals surface area contributed by atoms with Crippen LogP contribution in [0.3, 0.4) is 0 Å². The van der Waals surface area contributed by atoms with Crippen molar-refractivity contribution in [1.29, 1.82) is 0 Å². The second-order valence-corrected chi connectivity index (χ2v) is 8.12. The summed E-state index contributed by atoms with van der Waals surface area (Å²) < 4.78 is 0. The second-order valence-electron chi connectivity index (χ2n) is 8.12. The maximum Gasteiger partial charge on any atom is 0.243 e. The zero-order valence-electron chi connectivity index (χ0n) is 15.7. The van der Waals surface area contributed by atoms with Crippen molar-refractivity contribution in [3.05, 3.63) is 29.8 Å². The normalized spacial score (nSPS) is 27.5. The molecule has 144 valence electrons. The summed E-state index contributed by atoms with van der Waals surface area (Å²) in [6, 6.07) is 6.92. The van der Waals surface area contributed by atoms with Crippen molar-refractivity contribution in [3.8, 4) is 0 Å². The summed E-state index contributed by atoms with van der Waals surface area (Å²) in [7, 11) is 0. The Kier molecular flexibility index (Phi) is 4.89. The van der Waals surface area contributed by atoms with E-state index in [1.165, 1.54) is 0 Å². The van der Waals surface area contributed by atoms with Crippen LogP contribution in [0.15, 0.2) is 24.3 Å². The van der Waals surface area contributed by atoms with Gasteiger partial charge in [0.25, 0.3) is 0 Å². The van der Waals surface area contributed by atoms with Gasteiger partial charge in [-0.2, -0.15) is 0 Å². The highest BCUT2D eigenvalue weighted by Crippen LogP contribution is 2.37. The Morgan fingerprint density at radius 1 is 1.19 bits per heavy atom. The van der Waals surface area contributed by atoms with Gasteiger partial charge in [-0.25, -0.2) is 0 Å². The number of rotatable bonds is 4. The van der Waals surface area contributed by atoms with E-state index in [-0.39, 0.29) is 42.1 Å². The molecule has 2 aliphatic carbocycles. The highest BCUT2D eigenvalue weighted by Gasteiger charge is 2.48. The van der Waals surface area contributed by atoms with Crippen LogP contribution in [0.5, 0.6) is 0 Å². The first-order valence-electron chi connectivity index (χ1n) is 10.0. The second kappa shape index (κ2) is 7.33. The lowest BCUT2D eigenvalue weighted by atomic mass is 9.85. The fourth-order valence-corrected chi connectivity index (χ4v) is 4.41. The zero-order valence-corrected chi connectivity index (χ0v) is 15.7. The highest BCUT2D eigenvalue weighted by atomic mass is 16.2. The van der Waals surface area contributed by atoms with Gasteiger partial charge in [0, 0.05) is 17.6 Å². The van der Waals surface area contributed by atoms with Crippen LogP contribution in [0.2, 0.25) is 0 Å². The van der Waals surface area contributed by atoms with Crippen LogP contribution in [-0.2, 0) is 14.4 Å². The lowest BCUT2D eigenvalue weighted by Gasteiger charge is -2.48. The fourth-order valence-electron chi connectivity index (χ4n) is 4.41. The summed E-state index contributed by atoms with van der Waals surface area (Å²) in [6.07, 6.45) is 5.75. The third-order valence-electron chi connectivity index (χ3n) is 5.91. The molecule has 1 heterocycles. The van der Waals surface area contributed by atoms with Crippen LogP contribution in [-0.4, -0.2) is 40.7 Å². The maximum atomic E-state index is 13.0. The van der Waals surface area contributed by atoms with Crippen molar-refractivity contribution >= 4 is 23.4 Å². The number of nitrogens with zero attached hydrogens (tertiary/aromatic N) is 1. The van der Waals surface area contributed by atoms with Gasteiger partial charge in [-0.15, -0.1) is 0 Å². The van der Waals surface area contributed by atoms with Crippen molar-refractivity contribution in [2.75, 3.05) is 5.32 Å². The first kappa shape index (κ1) is 18.0. The smallest absolute Gasteiger partial charge is 0.243 e. The Balaban J connectivity index is 1.52. The first-order chi connectivity index (χ1) is 13.0. The molecule has 3 fully saturated rings. The van der Waals surface area contributed by atoms with E-state index in [0.717, 1.165) is 44.1 Å². The molecule has 2 saturated carbocycles. The number of amides is 3. The van der Waals surface area contributed by atoms with Crippen LogP contribution in [0.1, 0.15) is 50.5 Å². The number of piperazine rings is 1. The molecule has 3 aliphatic rings. The van der Waals surface area contributed by atoms with Gasteiger partial charge >= 0.3 is 0 Å². The standard InChI is InChI=1S/C21H27N3O3/c1-13-5-4-6-15(11-13)22-19(25)12-18-20(26)23-16-7-2-3-8-17(16)24(18)21(27)14-9-10-14/h4-6,11,14,16-18H,2-3,7-10,12H2,1H3,(H,22,25)(H,23,26)/t16-,17-,18-/m1/s1. The van der Waals surface area contributed by atoms with Gasteiger partial charge in [0.05, 0.1) is 12.5 Å². The molecular formula is C21H27N3O3. The van der Waals surface area contributed by atoms with Gasteiger partial charge in [-0.1, -0.05) is 25.0 Å². The fraction of sp³-hybridized carbons (Fsp3) is 0.571. The van der Waals surface area contributed by atoms with Gasteiger partial charge in [-0.3, -0.25) is 14.4 Å². The number of fused-ring (bicyclic) bond motifs is 1. The summed E-state index contributed by atoms with van der Waals surface area (Å²) >= 11 is 0. The van der Waals surface area contributed by atoms with E-state index in [2.05, 4.69) is 10.6 Å². The topological polar surface area (TPSA) is 78.5 Å². The van der Waals surface area contributed by atoms with Crippen LogP contribution in [0, 0.1) is 12.8 Å².